The molecule has 1 atom stereocenters. The van der Waals surface area contributed by atoms with Crippen LogP contribution in [0.3, 0.4) is 0 Å². The number of nitrogens with zero attached hydrogens (tertiary/aromatic N) is 2. The van der Waals surface area contributed by atoms with Gasteiger partial charge in [-0.1, -0.05) is 19.3 Å². The van der Waals surface area contributed by atoms with E-state index in [0.717, 1.165) is 18.5 Å². The van der Waals surface area contributed by atoms with Gasteiger partial charge in [-0.05, 0) is 38.5 Å². The molecule has 4 rings (SSSR count). The number of hydrogen-bond acceptors (Lipinski definition) is 4. The SMILES string of the molecule is Cc1nc(CN2CC(C3CC3)NCC23CCCCC3)cs1. The third-order valence-electron chi connectivity index (χ3n) is 5.78. The Hall–Kier alpha value is -0.450. The third-order valence-corrected chi connectivity index (χ3v) is 6.60. The van der Waals surface area contributed by atoms with Crippen molar-refractivity contribution in [2.75, 3.05) is 13.1 Å². The van der Waals surface area contributed by atoms with Gasteiger partial charge in [0.25, 0.3) is 0 Å². The first kappa shape index (κ1) is 14.2. The Morgan fingerprint density at radius 2 is 2.14 bits per heavy atom. The van der Waals surface area contributed by atoms with Gasteiger partial charge < -0.3 is 5.32 Å². The Bertz CT molecular complexity index is 488. The summed E-state index contributed by atoms with van der Waals surface area (Å²) in [6.07, 6.45) is 9.87. The smallest absolute Gasteiger partial charge is 0.0897 e. The summed E-state index contributed by atoms with van der Waals surface area (Å²) in [6, 6.07) is 0.734. The van der Waals surface area contributed by atoms with Crippen LogP contribution in [0.4, 0.5) is 0 Å². The van der Waals surface area contributed by atoms with Gasteiger partial charge in [-0.3, -0.25) is 4.90 Å². The molecule has 0 aromatic carbocycles. The van der Waals surface area contributed by atoms with Gasteiger partial charge in [0.2, 0.25) is 0 Å². The molecule has 1 unspecified atom stereocenters. The lowest BCUT2D eigenvalue weighted by atomic mass is 9.78. The number of hydrogen-bond donors (Lipinski definition) is 1. The van der Waals surface area contributed by atoms with E-state index < -0.39 is 0 Å². The monoisotopic (exact) mass is 305 g/mol. The van der Waals surface area contributed by atoms with Crippen LogP contribution in [0.15, 0.2) is 5.38 Å². The molecule has 1 aromatic heterocycles. The standard InChI is InChI=1S/C17H27N3S/c1-13-19-15(11-21-13)9-20-10-16(14-5-6-14)18-12-17(20)7-3-2-4-8-17/h11,14,16,18H,2-10,12H2,1H3. The van der Waals surface area contributed by atoms with Crippen molar-refractivity contribution in [1.82, 2.24) is 15.2 Å². The number of nitrogens with one attached hydrogen (secondary N) is 1. The fourth-order valence-corrected chi connectivity index (χ4v) is 4.96. The summed E-state index contributed by atoms with van der Waals surface area (Å²) < 4.78 is 0. The fourth-order valence-electron chi connectivity index (χ4n) is 4.35. The molecule has 1 spiro atoms. The zero-order valence-electron chi connectivity index (χ0n) is 13.1. The van der Waals surface area contributed by atoms with E-state index in [4.69, 9.17) is 4.98 Å². The van der Waals surface area contributed by atoms with Crippen LogP contribution in [0.5, 0.6) is 0 Å². The lowest BCUT2D eigenvalue weighted by molar-refractivity contribution is -0.00102. The zero-order valence-corrected chi connectivity index (χ0v) is 13.9. The van der Waals surface area contributed by atoms with Crippen LogP contribution in [0.1, 0.15) is 55.6 Å². The molecule has 3 nitrogen and oxygen atoms in total. The van der Waals surface area contributed by atoms with Crippen LogP contribution < -0.4 is 5.32 Å². The Balaban J connectivity index is 1.53. The van der Waals surface area contributed by atoms with Gasteiger partial charge in [0.05, 0.1) is 10.7 Å². The van der Waals surface area contributed by atoms with E-state index in [1.165, 1.54) is 68.7 Å². The maximum Gasteiger partial charge on any atom is 0.0897 e. The molecule has 0 bridgehead atoms. The van der Waals surface area contributed by atoms with Crippen LogP contribution in [0, 0.1) is 12.8 Å². The molecule has 1 aliphatic heterocycles. The van der Waals surface area contributed by atoms with E-state index in [0.29, 0.717) is 5.54 Å². The van der Waals surface area contributed by atoms with Crippen molar-refractivity contribution in [3.63, 3.8) is 0 Å². The van der Waals surface area contributed by atoms with Crippen LogP contribution in [0.25, 0.3) is 0 Å². The van der Waals surface area contributed by atoms with Crippen molar-refractivity contribution in [3.8, 4) is 0 Å². The third kappa shape index (κ3) is 2.90. The number of piperazine rings is 1. The first-order valence-corrected chi connectivity index (χ1v) is 9.53. The summed E-state index contributed by atoms with van der Waals surface area (Å²) in [5, 5.41) is 7.37. The summed E-state index contributed by atoms with van der Waals surface area (Å²) in [5.74, 6) is 0.950. The highest BCUT2D eigenvalue weighted by atomic mass is 32.1. The lowest BCUT2D eigenvalue weighted by Gasteiger charge is -2.52. The molecule has 4 heteroatoms. The maximum absolute atomic E-state index is 4.72. The van der Waals surface area contributed by atoms with Crippen LogP contribution in [-0.4, -0.2) is 34.6 Å². The van der Waals surface area contributed by atoms with Gasteiger partial charge >= 0.3 is 0 Å². The van der Waals surface area contributed by atoms with Crippen LogP contribution in [-0.2, 0) is 6.54 Å². The molecule has 2 aliphatic carbocycles. The second kappa shape index (κ2) is 5.64. The minimum Gasteiger partial charge on any atom is -0.311 e. The molecular weight excluding hydrogens is 278 g/mol. The summed E-state index contributed by atoms with van der Waals surface area (Å²) in [6.45, 7) is 5.63. The van der Waals surface area contributed by atoms with Gasteiger partial charge in [0, 0.05) is 36.6 Å². The second-order valence-corrected chi connectivity index (χ2v) is 8.41. The van der Waals surface area contributed by atoms with Crippen molar-refractivity contribution in [1.29, 1.82) is 0 Å². The molecule has 3 fully saturated rings. The van der Waals surface area contributed by atoms with Crippen molar-refractivity contribution >= 4 is 11.3 Å². The molecule has 0 radical (unpaired) electrons. The Labute approximate surface area is 132 Å². The molecule has 2 saturated carbocycles. The molecule has 116 valence electrons. The van der Waals surface area contributed by atoms with Crippen molar-refractivity contribution in [2.24, 2.45) is 5.92 Å². The van der Waals surface area contributed by atoms with Crippen molar-refractivity contribution in [3.05, 3.63) is 16.1 Å². The molecule has 1 saturated heterocycles. The van der Waals surface area contributed by atoms with Crippen molar-refractivity contribution in [2.45, 2.75) is 70.0 Å². The molecule has 3 aliphatic rings. The van der Waals surface area contributed by atoms with E-state index in [2.05, 4.69) is 22.5 Å². The largest absolute Gasteiger partial charge is 0.311 e. The highest BCUT2D eigenvalue weighted by Crippen LogP contribution is 2.40. The number of rotatable bonds is 3. The fraction of sp³-hybridized carbons (Fsp3) is 0.824. The van der Waals surface area contributed by atoms with Gasteiger partial charge in [-0.2, -0.15) is 0 Å². The zero-order chi connectivity index (χ0) is 14.3. The summed E-state index contributed by atoms with van der Waals surface area (Å²) in [7, 11) is 0. The van der Waals surface area contributed by atoms with E-state index in [-0.39, 0.29) is 0 Å². The summed E-state index contributed by atoms with van der Waals surface area (Å²) in [5.41, 5.74) is 1.71. The van der Waals surface area contributed by atoms with E-state index >= 15 is 0 Å². The molecule has 1 aromatic rings. The molecule has 21 heavy (non-hydrogen) atoms. The predicted molar refractivity (Wildman–Crippen MR) is 87.6 cm³/mol. The van der Waals surface area contributed by atoms with Crippen LogP contribution in [0.2, 0.25) is 0 Å². The Morgan fingerprint density at radius 3 is 2.81 bits per heavy atom. The minimum atomic E-state index is 0.418. The topological polar surface area (TPSA) is 28.2 Å². The van der Waals surface area contributed by atoms with Gasteiger partial charge in [-0.15, -0.1) is 11.3 Å². The van der Waals surface area contributed by atoms with Gasteiger partial charge in [0.1, 0.15) is 0 Å². The average molecular weight is 305 g/mol. The number of aromatic nitrogens is 1. The van der Waals surface area contributed by atoms with E-state index in [9.17, 15) is 0 Å². The minimum absolute atomic E-state index is 0.418. The van der Waals surface area contributed by atoms with Crippen molar-refractivity contribution < 1.29 is 0 Å². The second-order valence-electron chi connectivity index (χ2n) is 7.35. The molecule has 1 N–H and O–H groups in total. The highest BCUT2D eigenvalue weighted by molar-refractivity contribution is 7.09. The number of thiazole rings is 1. The van der Waals surface area contributed by atoms with E-state index in [1.54, 1.807) is 11.3 Å². The number of aryl methyl sites for hydroxylation is 1. The maximum atomic E-state index is 4.72. The van der Waals surface area contributed by atoms with Crippen LogP contribution >= 0.6 is 11.3 Å². The molecule has 2 heterocycles. The molecular formula is C17H27N3S. The van der Waals surface area contributed by atoms with Gasteiger partial charge in [0.15, 0.2) is 0 Å². The summed E-state index contributed by atoms with van der Waals surface area (Å²) in [4.78, 5) is 7.53. The predicted octanol–water partition coefficient (Wildman–Crippen LogP) is 3.34. The quantitative estimate of drug-likeness (QED) is 0.928. The summed E-state index contributed by atoms with van der Waals surface area (Å²) >= 11 is 1.79. The van der Waals surface area contributed by atoms with Gasteiger partial charge in [-0.25, -0.2) is 4.98 Å². The molecule has 0 amide bonds. The average Bonchev–Trinajstić information content (AvgIpc) is 3.26. The highest BCUT2D eigenvalue weighted by Gasteiger charge is 2.45. The lowest BCUT2D eigenvalue weighted by Crippen LogP contribution is -2.65. The Morgan fingerprint density at radius 1 is 1.33 bits per heavy atom. The van der Waals surface area contributed by atoms with E-state index in [1.807, 2.05) is 0 Å². The first-order chi connectivity index (χ1) is 10.3. The Kier molecular flexibility index (Phi) is 3.80. The first-order valence-electron chi connectivity index (χ1n) is 8.65. The normalized spacial score (nSPS) is 29.9.